The van der Waals surface area contributed by atoms with Crippen molar-refractivity contribution < 1.29 is 9.18 Å². The summed E-state index contributed by atoms with van der Waals surface area (Å²) >= 11 is 1.44. The van der Waals surface area contributed by atoms with Crippen LogP contribution in [-0.2, 0) is 6.42 Å². The summed E-state index contributed by atoms with van der Waals surface area (Å²) in [4.78, 5) is 21.0. The molecule has 22 heavy (non-hydrogen) atoms. The van der Waals surface area contributed by atoms with Crippen LogP contribution in [0.5, 0.6) is 0 Å². The summed E-state index contributed by atoms with van der Waals surface area (Å²) < 4.78 is 13.1. The number of aromatic nitrogens is 2. The number of hydrogen-bond acceptors (Lipinski definition) is 4. The Labute approximate surface area is 133 Å². The number of halogens is 1. The van der Waals surface area contributed by atoms with Crippen LogP contribution in [0.4, 0.5) is 10.1 Å². The van der Waals surface area contributed by atoms with Gasteiger partial charge in [0, 0.05) is 11.9 Å². The first-order chi connectivity index (χ1) is 10.5. The SMILES string of the molecule is CCCc1nc(SC)ncc1C(=O)Nc1ccc(F)cc1C. The minimum absolute atomic E-state index is 0.272. The molecule has 116 valence electrons. The third-order valence-electron chi connectivity index (χ3n) is 3.20. The van der Waals surface area contributed by atoms with Crippen molar-refractivity contribution >= 4 is 23.4 Å². The lowest BCUT2D eigenvalue weighted by Gasteiger charge is -2.11. The third-order valence-corrected chi connectivity index (χ3v) is 3.76. The molecule has 4 nitrogen and oxygen atoms in total. The van der Waals surface area contributed by atoms with E-state index in [0.29, 0.717) is 28.4 Å². The molecule has 1 N–H and O–H groups in total. The molecule has 0 radical (unpaired) electrons. The molecule has 0 bridgehead atoms. The first kappa shape index (κ1) is 16.4. The van der Waals surface area contributed by atoms with Crippen molar-refractivity contribution in [3.63, 3.8) is 0 Å². The zero-order valence-corrected chi connectivity index (χ0v) is 13.6. The molecule has 1 heterocycles. The van der Waals surface area contributed by atoms with E-state index in [0.717, 1.165) is 12.1 Å². The van der Waals surface area contributed by atoms with Gasteiger partial charge in [-0.1, -0.05) is 25.1 Å². The van der Waals surface area contributed by atoms with Crippen LogP contribution in [0.3, 0.4) is 0 Å². The van der Waals surface area contributed by atoms with Crippen molar-refractivity contribution in [2.45, 2.75) is 31.8 Å². The van der Waals surface area contributed by atoms with E-state index in [-0.39, 0.29) is 11.7 Å². The number of nitrogens with one attached hydrogen (secondary N) is 1. The number of carbonyl (C=O) groups excluding carboxylic acids is 1. The van der Waals surface area contributed by atoms with E-state index in [4.69, 9.17) is 0 Å². The monoisotopic (exact) mass is 319 g/mol. The van der Waals surface area contributed by atoms with Crippen LogP contribution in [0.1, 0.15) is 35.0 Å². The van der Waals surface area contributed by atoms with Gasteiger partial charge >= 0.3 is 0 Å². The van der Waals surface area contributed by atoms with E-state index in [1.165, 1.54) is 23.9 Å². The van der Waals surface area contributed by atoms with Gasteiger partial charge in [-0.15, -0.1) is 0 Å². The molecule has 1 aromatic carbocycles. The molecule has 0 saturated carbocycles. The summed E-state index contributed by atoms with van der Waals surface area (Å²) in [5.74, 6) is -0.597. The highest BCUT2D eigenvalue weighted by Crippen LogP contribution is 2.19. The molecule has 1 aromatic heterocycles. The van der Waals surface area contributed by atoms with Crippen LogP contribution in [0.15, 0.2) is 29.6 Å². The Hall–Kier alpha value is -1.95. The highest BCUT2D eigenvalue weighted by atomic mass is 32.2. The molecule has 2 rings (SSSR count). The van der Waals surface area contributed by atoms with Crippen LogP contribution in [-0.4, -0.2) is 22.1 Å². The minimum Gasteiger partial charge on any atom is -0.322 e. The lowest BCUT2D eigenvalue weighted by Crippen LogP contribution is -2.17. The van der Waals surface area contributed by atoms with Crippen molar-refractivity contribution in [3.05, 3.63) is 47.0 Å². The van der Waals surface area contributed by atoms with Gasteiger partial charge < -0.3 is 5.32 Å². The van der Waals surface area contributed by atoms with Gasteiger partial charge in [0.1, 0.15) is 5.82 Å². The highest BCUT2D eigenvalue weighted by molar-refractivity contribution is 7.98. The lowest BCUT2D eigenvalue weighted by molar-refractivity contribution is 0.102. The Balaban J connectivity index is 2.28. The van der Waals surface area contributed by atoms with Gasteiger partial charge in [-0.2, -0.15) is 0 Å². The predicted octanol–water partition coefficient (Wildman–Crippen LogP) is 3.85. The maximum atomic E-state index is 13.1. The van der Waals surface area contributed by atoms with Crippen LogP contribution < -0.4 is 5.32 Å². The zero-order chi connectivity index (χ0) is 16.1. The smallest absolute Gasteiger partial charge is 0.259 e. The van der Waals surface area contributed by atoms with Crippen molar-refractivity contribution in [1.29, 1.82) is 0 Å². The molecule has 0 aliphatic carbocycles. The quantitative estimate of drug-likeness (QED) is 0.672. The van der Waals surface area contributed by atoms with Crippen molar-refractivity contribution in [2.24, 2.45) is 0 Å². The molecule has 0 aliphatic heterocycles. The van der Waals surface area contributed by atoms with Crippen LogP contribution >= 0.6 is 11.8 Å². The normalized spacial score (nSPS) is 10.5. The number of carbonyl (C=O) groups is 1. The Morgan fingerprint density at radius 1 is 1.41 bits per heavy atom. The van der Waals surface area contributed by atoms with Gasteiger partial charge in [-0.3, -0.25) is 4.79 Å². The van der Waals surface area contributed by atoms with Gasteiger partial charge in [-0.05, 0) is 43.4 Å². The van der Waals surface area contributed by atoms with Gasteiger partial charge in [0.2, 0.25) is 0 Å². The molecule has 0 unspecified atom stereocenters. The number of aryl methyl sites for hydroxylation is 2. The van der Waals surface area contributed by atoms with E-state index in [1.807, 2.05) is 13.2 Å². The second kappa shape index (κ2) is 7.35. The Morgan fingerprint density at radius 2 is 2.18 bits per heavy atom. The van der Waals surface area contributed by atoms with Crippen LogP contribution in [0, 0.1) is 12.7 Å². The molecule has 2 aromatic rings. The summed E-state index contributed by atoms with van der Waals surface area (Å²) in [6, 6.07) is 4.26. The Morgan fingerprint density at radius 3 is 2.82 bits per heavy atom. The maximum Gasteiger partial charge on any atom is 0.259 e. The van der Waals surface area contributed by atoms with E-state index >= 15 is 0 Å². The molecular formula is C16H18FN3OS. The van der Waals surface area contributed by atoms with Gasteiger partial charge in [0.05, 0.1) is 11.3 Å². The van der Waals surface area contributed by atoms with Gasteiger partial charge in [0.15, 0.2) is 5.16 Å². The van der Waals surface area contributed by atoms with Crippen molar-refractivity contribution in [3.8, 4) is 0 Å². The second-order valence-electron chi connectivity index (χ2n) is 4.88. The predicted molar refractivity (Wildman–Crippen MR) is 86.9 cm³/mol. The second-order valence-corrected chi connectivity index (χ2v) is 5.65. The number of anilines is 1. The molecule has 0 spiro atoms. The largest absolute Gasteiger partial charge is 0.322 e. The molecule has 0 saturated heterocycles. The zero-order valence-electron chi connectivity index (χ0n) is 12.8. The van der Waals surface area contributed by atoms with Crippen molar-refractivity contribution in [1.82, 2.24) is 9.97 Å². The molecule has 6 heteroatoms. The fourth-order valence-corrected chi connectivity index (χ4v) is 2.43. The standard InChI is InChI=1S/C16H18FN3OS/c1-4-5-14-12(9-18-16(20-14)22-3)15(21)19-13-7-6-11(17)8-10(13)2/h6-9H,4-5H2,1-3H3,(H,19,21). The number of rotatable bonds is 5. The number of amides is 1. The topological polar surface area (TPSA) is 54.9 Å². The number of nitrogens with zero attached hydrogens (tertiary/aromatic N) is 2. The Bertz CT molecular complexity index is 691. The average molecular weight is 319 g/mol. The van der Waals surface area contributed by atoms with E-state index in [9.17, 15) is 9.18 Å². The molecule has 1 amide bonds. The number of benzene rings is 1. The summed E-state index contributed by atoms with van der Waals surface area (Å²) in [5.41, 5.74) is 2.46. The van der Waals surface area contributed by atoms with Gasteiger partial charge in [-0.25, -0.2) is 14.4 Å². The number of thioether (sulfide) groups is 1. The fourth-order valence-electron chi connectivity index (χ4n) is 2.07. The summed E-state index contributed by atoms with van der Waals surface area (Å²) in [6.45, 7) is 3.78. The van der Waals surface area contributed by atoms with E-state index in [2.05, 4.69) is 15.3 Å². The molecule has 0 fully saturated rings. The molecular weight excluding hydrogens is 301 g/mol. The van der Waals surface area contributed by atoms with Gasteiger partial charge in [0.25, 0.3) is 5.91 Å². The average Bonchev–Trinajstić information content (AvgIpc) is 2.50. The van der Waals surface area contributed by atoms with Crippen molar-refractivity contribution in [2.75, 3.05) is 11.6 Å². The Kier molecular flexibility index (Phi) is 5.49. The van der Waals surface area contributed by atoms with E-state index in [1.54, 1.807) is 19.2 Å². The van der Waals surface area contributed by atoms with Crippen LogP contribution in [0.2, 0.25) is 0 Å². The first-order valence-electron chi connectivity index (χ1n) is 7.02. The summed E-state index contributed by atoms with van der Waals surface area (Å²) in [7, 11) is 0. The lowest BCUT2D eigenvalue weighted by atomic mass is 10.1. The molecule has 0 atom stereocenters. The maximum absolute atomic E-state index is 13.1. The highest BCUT2D eigenvalue weighted by Gasteiger charge is 2.15. The van der Waals surface area contributed by atoms with Crippen LogP contribution in [0.25, 0.3) is 0 Å². The first-order valence-corrected chi connectivity index (χ1v) is 8.25. The summed E-state index contributed by atoms with van der Waals surface area (Å²) in [6.07, 6.45) is 5.05. The summed E-state index contributed by atoms with van der Waals surface area (Å²) in [5, 5.41) is 3.45. The van der Waals surface area contributed by atoms with E-state index < -0.39 is 0 Å². The third kappa shape index (κ3) is 3.82. The molecule has 0 aliphatic rings. The minimum atomic E-state index is -0.324. The fraction of sp³-hybridized carbons (Fsp3) is 0.312. The number of hydrogen-bond donors (Lipinski definition) is 1.